The van der Waals surface area contributed by atoms with Gasteiger partial charge in [0.1, 0.15) is 11.4 Å². The van der Waals surface area contributed by atoms with Crippen LogP contribution in [-0.2, 0) is 4.74 Å². The number of carbonyl (C=O) groups excluding carboxylic acids is 1. The Morgan fingerprint density at radius 2 is 1.88 bits per heavy atom. The van der Waals surface area contributed by atoms with Gasteiger partial charge in [-0.05, 0) is 36.8 Å². The number of phenolic OH excluding ortho intramolecular Hbond substituents is 1. The van der Waals surface area contributed by atoms with Crippen molar-refractivity contribution in [3.63, 3.8) is 0 Å². The van der Waals surface area contributed by atoms with Crippen molar-refractivity contribution in [2.45, 2.75) is 37.9 Å². The van der Waals surface area contributed by atoms with E-state index >= 15 is 0 Å². The van der Waals surface area contributed by atoms with Gasteiger partial charge in [0.15, 0.2) is 11.5 Å². The van der Waals surface area contributed by atoms with Crippen LogP contribution in [0.15, 0.2) is 47.5 Å². The van der Waals surface area contributed by atoms with Crippen LogP contribution in [-0.4, -0.2) is 61.4 Å². The van der Waals surface area contributed by atoms with Gasteiger partial charge in [-0.15, -0.1) is 0 Å². The van der Waals surface area contributed by atoms with Crippen LogP contribution in [0.5, 0.6) is 17.2 Å². The lowest BCUT2D eigenvalue weighted by Gasteiger charge is -2.45. The van der Waals surface area contributed by atoms with E-state index in [1.165, 1.54) is 0 Å². The minimum Gasteiger partial charge on any atom is -0.508 e. The normalized spacial score (nSPS) is 19.7. The fraction of sp³-hybridized carbons (Fsp3) is 0.440. The number of para-hydroxylation sites is 1. The highest BCUT2D eigenvalue weighted by molar-refractivity contribution is 6.02. The van der Waals surface area contributed by atoms with Crippen molar-refractivity contribution in [2.24, 2.45) is 4.99 Å². The van der Waals surface area contributed by atoms with E-state index in [2.05, 4.69) is 5.32 Å². The maximum absolute atomic E-state index is 12.2. The summed E-state index contributed by atoms with van der Waals surface area (Å²) < 4.78 is 16.1. The molecule has 1 spiro atoms. The minimum absolute atomic E-state index is 0.124. The topological polar surface area (TPSA) is 92.6 Å². The number of hydrogen-bond acceptors (Lipinski definition) is 7. The smallest absolute Gasteiger partial charge is 0.409 e. The fourth-order valence-electron chi connectivity index (χ4n) is 4.60. The van der Waals surface area contributed by atoms with Gasteiger partial charge in [-0.1, -0.05) is 18.2 Å². The van der Waals surface area contributed by atoms with E-state index in [0.29, 0.717) is 50.5 Å². The Balaban J connectivity index is 1.68. The standard InChI is InChI=1S/C25H31N3O5/c1-4-33-24(30)28-13-11-25(12-14-28)26-19(17-9-10-22(31-2)23(15-17)32-3)16-20(27-25)18-7-5-6-8-21(18)29/h5-10,15,20,27,29H,4,11-14,16H2,1-3H3/t20-/m0/s1. The third kappa shape index (κ3) is 4.75. The van der Waals surface area contributed by atoms with Crippen molar-refractivity contribution in [2.75, 3.05) is 33.9 Å². The SMILES string of the molecule is CCOC(=O)N1CCC2(CC1)N=C(c1ccc(OC)c(OC)c1)C[C@@H](c1ccccc1O)N2. The Kier molecular flexibility index (Phi) is 6.74. The molecule has 2 N–H and O–H groups in total. The van der Waals surface area contributed by atoms with E-state index in [9.17, 15) is 9.90 Å². The molecule has 0 unspecified atom stereocenters. The average Bonchev–Trinajstić information content (AvgIpc) is 2.84. The molecule has 0 aromatic heterocycles. The quantitative estimate of drug-likeness (QED) is 0.714. The van der Waals surface area contributed by atoms with Crippen molar-refractivity contribution >= 4 is 11.8 Å². The van der Waals surface area contributed by atoms with Crippen LogP contribution in [0.3, 0.4) is 0 Å². The van der Waals surface area contributed by atoms with Crippen molar-refractivity contribution in [3.8, 4) is 17.2 Å². The summed E-state index contributed by atoms with van der Waals surface area (Å²) in [6.07, 6.45) is 1.61. The Bertz CT molecular complexity index is 1030. The van der Waals surface area contributed by atoms with Crippen LogP contribution in [0.2, 0.25) is 0 Å². The van der Waals surface area contributed by atoms with E-state index in [4.69, 9.17) is 19.2 Å². The molecule has 8 nitrogen and oxygen atoms in total. The number of aromatic hydroxyl groups is 1. The van der Waals surface area contributed by atoms with Gasteiger partial charge in [0.25, 0.3) is 0 Å². The molecule has 33 heavy (non-hydrogen) atoms. The zero-order chi connectivity index (χ0) is 23.4. The number of ether oxygens (including phenoxy) is 3. The molecular formula is C25H31N3O5. The van der Waals surface area contributed by atoms with Crippen LogP contribution in [0.4, 0.5) is 4.79 Å². The van der Waals surface area contributed by atoms with E-state index in [1.54, 1.807) is 25.2 Å². The number of benzene rings is 2. The maximum atomic E-state index is 12.2. The number of rotatable bonds is 5. The molecule has 1 amide bonds. The fourth-order valence-corrected chi connectivity index (χ4v) is 4.60. The molecule has 1 saturated heterocycles. The van der Waals surface area contributed by atoms with E-state index in [0.717, 1.165) is 16.8 Å². The molecule has 2 heterocycles. The average molecular weight is 454 g/mol. The number of piperidine rings is 1. The monoisotopic (exact) mass is 453 g/mol. The van der Waals surface area contributed by atoms with Gasteiger partial charge in [0, 0.05) is 49.7 Å². The molecule has 176 valence electrons. The molecule has 2 aromatic carbocycles. The summed E-state index contributed by atoms with van der Waals surface area (Å²) in [7, 11) is 3.23. The molecule has 0 aliphatic carbocycles. The molecule has 2 aliphatic rings. The number of hydrogen-bond donors (Lipinski definition) is 2. The molecule has 0 bridgehead atoms. The second-order valence-electron chi connectivity index (χ2n) is 8.31. The van der Waals surface area contributed by atoms with Gasteiger partial charge in [-0.3, -0.25) is 10.3 Å². The van der Waals surface area contributed by atoms with Crippen molar-refractivity contribution in [1.29, 1.82) is 0 Å². The van der Waals surface area contributed by atoms with Crippen LogP contribution in [0, 0.1) is 0 Å². The predicted octanol–water partition coefficient (Wildman–Crippen LogP) is 3.88. The zero-order valence-electron chi connectivity index (χ0n) is 19.3. The van der Waals surface area contributed by atoms with Crippen LogP contribution in [0.1, 0.15) is 43.4 Å². The second kappa shape index (κ2) is 9.70. The molecule has 0 saturated carbocycles. The predicted molar refractivity (Wildman–Crippen MR) is 125 cm³/mol. The van der Waals surface area contributed by atoms with E-state index in [1.807, 2.05) is 43.3 Å². The number of likely N-dealkylation sites (tertiary alicyclic amines) is 1. The van der Waals surface area contributed by atoms with E-state index < -0.39 is 5.66 Å². The summed E-state index contributed by atoms with van der Waals surface area (Å²) in [5, 5.41) is 14.2. The van der Waals surface area contributed by atoms with Gasteiger partial charge in [-0.2, -0.15) is 0 Å². The Morgan fingerprint density at radius 3 is 2.55 bits per heavy atom. The van der Waals surface area contributed by atoms with Crippen molar-refractivity contribution in [3.05, 3.63) is 53.6 Å². The molecule has 4 rings (SSSR count). The summed E-state index contributed by atoms with van der Waals surface area (Å²) in [6, 6.07) is 13.1. The van der Waals surface area contributed by atoms with Crippen LogP contribution >= 0.6 is 0 Å². The van der Waals surface area contributed by atoms with Crippen molar-refractivity contribution in [1.82, 2.24) is 10.2 Å². The summed E-state index contributed by atoms with van der Waals surface area (Å²) in [6.45, 7) is 3.25. The number of amides is 1. The second-order valence-corrected chi connectivity index (χ2v) is 8.31. The minimum atomic E-state index is -0.545. The molecule has 2 aromatic rings. The molecule has 1 fully saturated rings. The van der Waals surface area contributed by atoms with Gasteiger partial charge in [-0.25, -0.2) is 4.79 Å². The first-order valence-corrected chi connectivity index (χ1v) is 11.3. The van der Waals surface area contributed by atoms with E-state index in [-0.39, 0.29) is 17.9 Å². The highest BCUT2D eigenvalue weighted by Crippen LogP contribution is 2.38. The maximum Gasteiger partial charge on any atom is 0.409 e. The zero-order valence-corrected chi connectivity index (χ0v) is 19.3. The summed E-state index contributed by atoms with van der Waals surface area (Å²) in [5.74, 6) is 1.55. The molecular weight excluding hydrogens is 422 g/mol. The van der Waals surface area contributed by atoms with Gasteiger partial charge < -0.3 is 24.2 Å². The lowest BCUT2D eigenvalue weighted by Crippen LogP contribution is -2.56. The highest BCUT2D eigenvalue weighted by Gasteiger charge is 2.41. The number of carbonyl (C=O) groups is 1. The Morgan fingerprint density at radius 1 is 1.15 bits per heavy atom. The molecule has 2 aliphatic heterocycles. The third-order valence-corrected chi connectivity index (χ3v) is 6.33. The number of methoxy groups -OCH3 is 2. The number of aliphatic imine (C=N–C) groups is 1. The van der Waals surface area contributed by atoms with Crippen LogP contribution < -0.4 is 14.8 Å². The summed E-state index contributed by atoms with van der Waals surface area (Å²) >= 11 is 0. The number of nitrogens with zero attached hydrogens (tertiary/aromatic N) is 2. The Hall–Kier alpha value is -3.26. The first kappa shape index (κ1) is 22.9. The Labute approximate surface area is 194 Å². The number of phenols is 1. The largest absolute Gasteiger partial charge is 0.508 e. The lowest BCUT2D eigenvalue weighted by atomic mass is 9.87. The number of nitrogens with one attached hydrogen (secondary N) is 1. The first-order chi connectivity index (χ1) is 16.0. The third-order valence-electron chi connectivity index (χ3n) is 6.33. The van der Waals surface area contributed by atoms with Crippen molar-refractivity contribution < 1.29 is 24.1 Å². The van der Waals surface area contributed by atoms with Crippen LogP contribution in [0.25, 0.3) is 0 Å². The van der Waals surface area contributed by atoms with Gasteiger partial charge in [0.05, 0.1) is 20.8 Å². The lowest BCUT2D eigenvalue weighted by molar-refractivity contribution is 0.0778. The van der Waals surface area contributed by atoms with Gasteiger partial charge in [0.2, 0.25) is 0 Å². The highest BCUT2D eigenvalue weighted by atomic mass is 16.6. The molecule has 0 radical (unpaired) electrons. The van der Waals surface area contributed by atoms with Gasteiger partial charge >= 0.3 is 6.09 Å². The summed E-state index contributed by atoms with van der Waals surface area (Å²) in [4.78, 5) is 19.1. The summed E-state index contributed by atoms with van der Waals surface area (Å²) in [5.41, 5.74) is 2.16. The first-order valence-electron chi connectivity index (χ1n) is 11.3. The molecule has 8 heteroatoms. The molecule has 1 atom stereocenters.